The summed E-state index contributed by atoms with van der Waals surface area (Å²) < 4.78 is 57.7. The molecule has 0 aromatic heterocycles. The van der Waals surface area contributed by atoms with Crippen LogP contribution in [0.1, 0.15) is 84.0 Å². The van der Waals surface area contributed by atoms with E-state index in [4.69, 9.17) is 4.74 Å². The van der Waals surface area contributed by atoms with Gasteiger partial charge in [-0.05, 0) is 6.42 Å². The zero-order valence-electron chi connectivity index (χ0n) is 15.2. The summed E-state index contributed by atoms with van der Waals surface area (Å²) in [6, 6.07) is 0.182. The van der Waals surface area contributed by atoms with Crippen molar-refractivity contribution in [3.05, 3.63) is 29.3 Å². The SMILES string of the molecule is CCCCCCCCCCCCCCOc1c(F)c(F)cc(F)c1F. The minimum atomic E-state index is -1.47. The number of benzene rings is 1. The summed E-state index contributed by atoms with van der Waals surface area (Å²) in [6.45, 7) is 2.27. The normalized spacial score (nSPS) is 11.1. The molecule has 0 aliphatic heterocycles. The number of hydrogen-bond donors (Lipinski definition) is 0. The standard InChI is InChI=1S/C20H30F4O/c1-2-3-4-5-6-7-8-9-10-11-12-13-14-25-20-18(23)16(21)15-17(22)19(20)24/h15H,2-14H2,1H3. The van der Waals surface area contributed by atoms with E-state index in [-0.39, 0.29) is 12.7 Å². The Morgan fingerprint density at radius 2 is 1.04 bits per heavy atom. The largest absolute Gasteiger partial charge is 0.487 e. The first-order valence-electron chi connectivity index (χ1n) is 9.53. The zero-order chi connectivity index (χ0) is 18.5. The zero-order valence-corrected chi connectivity index (χ0v) is 15.2. The van der Waals surface area contributed by atoms with Gasteiger partial charge in [-0.2, -0.15) is 8.78 Å². The van der Waals surface area contributed by atoms with Crippen LogP contribution in [0.25, 0.3) is 0 Å². The molecule has 0 N–H and O–H groups in total. The maximum atomic E-state index is 13.4. The molecule has 0 unspecified atom stereocenters. The summed E-state index contributed by atoms with van der Waals surface area (Å²) in [7, 11) is 0. The lowest BCUT2D eigenvalue weighted by Crippen LogP contribution is -2.05. The Morgan fingerprint density at radius 1 is 0.640 bits per heavy atom. The molecular formula is C20H30F4O. The Bertz CT molecular complexity index is 465. The van der Waals surface area contributed by atoms with Crippen molar-refractivity contribution in [1.82, 2.24) is 0 Å². The highest BCUT2D eigenvalue weighted by atomic mass is 19.2. The van der Waals surface area contributed by atoms with Crippen LogP contribution in [0.5, 0.6) is 5.75 Å². The molecule has 1 aromatic rings. The first kappa shape index (κ1) is 21.8. The second-order valence-electron chi connectivity index (χ2n) is 6.53. The van der Waals surface area contributed by atoms with E-state index < -0.39 is 29.0 Å². The van der Waals surface area contributed by atoms with Gasteiger partial charge in [-0.3, -0.25) is 0 Å². The molecular weight excluding hydrogens is 332 g/mol. The Morgan fingerprint density at radius 3 is 1.48 bits per heavy atom. The smallest absolute Gasteiger partial charge is 0.203 e. The summed E-state index contributed by atoms with van der Waals surface area (Å²) in [4.78, 5) is 0. The quantitative estimate of drug-likeness (QED) is 0.191. The number of unbranched alkanes of at least 4 members (excludes halogenated alkanes) is 11. The van der Waals surface area contributed by atoms with Crippen LogP contribution in [0.3, 0.4) is 0 Å². The molecule has 0 saturated heterocycles. The molecule has 1 nitrogen and oxygen atoms in total. The summed E-state index contributed by atoms with van der Waals surface area (Å²) >= 11 is 0. The Hall–Kier alpha value is -1.26. The minimum absolute atomic E-state index is 0.0498. The van der Waals surface area contributed by atoms with E-state index in [1.54, 1.807) is 0 Å². The van der Waals surface area contributed by atoms with Gasteiger partial charge in [0.05, 0.1) is 6.61 Å². The van der Waals surface area contributed by atoms with Crippen molar-refractivity contribution in [1.29, 1.82) is 0 Å². The molecule has 5 heteroatoms. The number of halogens is 4. The lowest BCUT2D eigenvalue weighted by molar-refractivity contribution is 0.263. The molecule has 0 bridgehead atoms. The van der Waals surface area contributed by atoms with Gasteiger partial charge >= 0.3 is 0 Å². The molecule has 0 aliphatic rings. The summed E-state index contributed by atoms with van der Waals surface area (Å²) in [5.41, 5.74) is 0. The van der Waals surface area contributed by atoms with Crippen LogP contribution in [0, 0.1) is 23.3 Å². The van der Waals surface area contributed by atoms with Crippen molar-refractivity contribution in [2.24, 2.45) is 0 Å². The molecule has 144 valence electrons. The van der Waals surface area contributed by atoms with Gasteiger partial charge in [0, 0.05) is 6.07 Å². The monoisotopic (exact) mass is 362 g/mol. The molecule has 1 aromatic carbocycles. The van der Waals surface area contributed by atoms with E-state index in [1.165, 1.54) is 51.4 Å². The van der Waals surface area contributed by atoms with Gasteiger partial charge in [0.15, 0.2) is 17.4 Å². The number of ether oxygens (including phenoxy) is 1. The topological polar surface area (TPSA) is 9.23 Å². The van der Waals surface area contributed by atoms with Crippen molar-refractivity contribution >= 4 is 0 Å². The fourth-order valence-corrected chi connectivity index (χ4v) is 2.80. The molecule has 0 amide bonds. The highest BCUT2D eigenvalue weighted by Gasteiger charge is 2.20. The van der Waals surface area contributed by atoms with E-state index >= 15 is 0 Å². The Balaban J connectivity index is 2.03. The third kappa shape index (κ3) is 8.59. The molecule has 0 saturated carbocycles. The fraction of sp³-hybridized carbons (Fsp3) is 0.700. The van der Waals surface area contributed by atoms with Crippen molar-refractivity contribution in [3.63, 3.8) is 0 Å². The van der Waals surface area contributed by atoms with Gasteiger partial charge in [0.2, 0.25) is 11.6 Å². The fourth-order valence-electron chi connectivity index (χ4n) is 2.80. The van der Waals surface area contributed by atoms with Gasteiger partial charge < -0.3 is 4.74 Å². The third-order valence-electron chi connectivity index (χ3n) is 4.32. The molecule has 0 spiro atoms. The molecule has 0 radical (unpaired) electrons. The second kappa shape index (κ2) is 13.0. The molecule has 1 rings (SSSR count). The number of hydrogen-bond acceptors (Lipinski definition) is 1. The lowest BCUT2D eigenvalue weighted by Gasteiger charge is -2.09. The van der Waals surface area contributed by atoms with Crippen molar-refractivity contribution < 1.29 is 22.3 Å². The van der Waals surface area contributed by atoms with Gasteiger partial charge in [-0.1, -0.05) is 77.6 Å². The Labute approximate surface area is 148 Å². The minimum Gasteiger partial charge on any atom is -0.487 e. The molecule has 25 heavy (non-hydrogen) atoms. The average Bonchev–Trinajstić information content (AvgIpc) is 2.60. The van der Waals surface area contributed by atoms with Crippen LogP contribution in [0.15, 0.2) is 6.07 Å². The van der Waals surface area contributed by atoms with E-state index in [0.29, 0.717) is 6.42 Å². The molecule has 0 atom stereocenters. The van der Waals surface area contributed by atoms with E-state index in [0.717, 1.165) is 19.3 Å². The number of rotatable bonds is 14. The highest BCUT2D eigenvalue weighted by molar-refractivity contribution is 5.28. The highest BCUT2D eigenvalue weighted by Crippen LogP contribution is 2.26. The van der Waals surface area contributed by atoms with E-state index in [1.807, 2.05) is 0 Å². The van der Waals surface area contributed by atoms with Gasteiger partial charge in [-0.25, -0.2) is 8.78 Å². The van der Waals surface area contributed by atoms with Crippen molar-refractivity contribution in [2.75, 3.05) is 6.61 Å². The van der Waals surface area contributed by atoms with Crippen molar-refractivity contribution in [3.8, 4) is 5.75 Å². The van der Waals surface area contributed by atoms with E-state index in [9.17, 15) is 17.6 Å². The summed E-state index contributed by atoms with van der Waals surface area (Å²) in [5, 5.41) is 0. The molecule has 0 heterocycles. The second-order valence-corrected chi connectivity index (χ2v) is 6.53. The van der Waals surface area contributed by atoms with Crippen LogP contribution >= 0.6 is 0 Å². The third-order valence-corrected chi connectivity index (χ3v) is 4.32. The van der Waals surface area contributed by atoms with Crippen LogP contribution in [0.2, 0.25) is 0 Å². The van der Waals surface area contributed by atoms with Gasteiger partial charge in [0.1, 0.15) is 0 Å². The van der Waals surface area contributed by atoms with Crippen LogP contribution in [-0.4, -0.2) is 6.61 Å². The first-order chi connectivity index (χ1) is 12.1. The lowest BCUT2D eigenvalue weighted by atomic mass is 10.1. The van der Waals surface area contributed by atoms with Crippen LogP contribution < -0.4 is 4.74 Å². The first-order valence-corrected chi connectivity index (χ1v) is 9.53. The maximum Gasteiger partial charge on any atom is 0.203 e. The summed E-state index contributed by atoms with van der Waals surface area (Å²) in [6.07, 6.45) is 14.0. The maximum absolute atomic E-state index is 13.4. The predicted octanol–water partition coefficient (Wildman–Crippen LogP) is 7.32. The summed E-state index contributed by atoms with van der Waals surface area (Å²) in [5.74, 6) is -6.79. The van der Waals surface area contributed by atoms with E-state index in [2.05, 4.69) is 6.92 Å². The van der Waals surface area contributed by atoms with Gasteiger partial charge in [0.25, 0.3) is 0 Å². The average molecular weight is 362 g/mol. The Kier molecular flexibility index (Phi) is 11.3. The van der Waals surface area contributed by atoms with Crippen LogP contribution in [-0.2, 0) is 0 Å². The van der Waals surface area contributed by atoms with Crippen molar-refractivity contribution in [2.45, 2.75) is 84.0 Å². The predicted molar refractivity (Wildman–Crippen MR) is 92.8 cm³/mol. The van der Waals surface area contributed by atoms with Gasteiger partial charge in [-0.15, -0.1) is 0 Å². The molecule has 0 aliphatic carbocycles. The van der Waals surface area contributed by atoms with Crippen LogP contribution in [0.4, 0.5) is 17.6 Å². The molecule has 0 fully saturated rings.